The number of nitrogens with zero attached hydrogens (tertiary/aromatic N) is 3. The number of rotatable bonds is 13. The lowest BCUT2D eigenvalue weighted by molar-refractivity contribution is -0.124. The third-order valence-corrected chi connectivity index (χ3v) is 9.19. The van der Waals surface area contributed by atoms with Gasteiger partial charge in [0.05, 0.1) is 25.8 Å². The first kappa shape index (κ1) is 38.3. The normalized spacial score (nSPS) is 17.2. The van der Waals surface area contributed by atoms with E-state index >= 15 is 0 Å². The van der Waals surface area contributed by atoms with Gasteiger partial charge < -0.3 is 43.1 Å². The highest BCUT2D eigenvalue weighted by Crippen LogP contribution is 2.40. The minimum Gasteiger partial charge on any atom is -0.497 e. The quantitative estimate of drug-likeness (QED) is 0.184. The molecule has 3 aromatic carbocycles. The van der Waals surface area contributed by atoms with Crippen molar-refractivity contribution >= 4 is 29.3 Å². The average molecular weight is 718 g/mol. The first-order valence-electron chi connectivity index (χ1n) is 17.7. The van der Waals surface area contributed by atoms with Crippen molar-refractivity contribution in [1.29, 1.82) is 0 Å². The second-order valence-corrected chi connectivity index (χ2v) is 13.9. The fourth-order valence-electron chi connectivity index (χ4n) is 6.68. The first-order valence-corrected chi connectivity index (χ1v) is 17.7. The Balaban J connectivity index is 1.43. The zero-order chi connectivity index (χ0) is 37.4. The Bertz CT molecular complexity index is 1700. The molecule has 1 unspecified atom stereocenters. The van der Waals surface area contributed by atoms with Crippen LogP contribution in [-0.2, 0) is 25.7 Å². The van der Waals surface area contributed by atoms with Gasteiger partial charge in [0.2, 0.25) is 5.91 Å². The summed E-state index contributed by atoms with van der Waals surface area (Å²) in [6.45, 7) is 9.60. The van der Waals surface area contributed by atoms with Crippen LogP contribution < -0.4 is 28.7 Å². The Hall–Kier alpha value is -4.97. The molecule has 3 aromatic rings. The second kappa shape index (κ2) is 17.0. The van der Waals surface area contributed by atoms with Crippen molar-refractivity contribution in [2.75, 3.05) is 70.5 Å². The highest BCUT2D eigenvalue weighted by atomic mass is 16.6. The summed E-state index contributed by atoms with van der Waals surface area (Å²) in [7, 11) is 4.84. The Morgan fingerprint density at radius 3 is 2.38 bits per heavy atom. The number of anilines is 2. The molecule has 2 aliphatic rings. The molecule has 2 heterocycles. The number of fused-ring (bicyclic) bond motifs is 1. The predicted molar refractivity (Wildman–Crippen MR) is 198 cm³/mol. The maximum absolute atomic E-state index is 14.8. The summed E-state index contributed by atoms with van der Waals surface area (Å²) in [5, 5.41) is 0. The summed E-state index contributed by atoms with van der Waals surface area (Å²) < 4.78 is 33.8. The highest BCUT2D eigenvalue weighted by molar-refractivity contribution is 6.01. The van der Waals surface area contributed by atoms with E-state index in [1.165, 1.54) is 0 Å². The molecule has 0 bridgehead atoms. The van der Waals surface area contributed by atoms with E-state index in [0.29, 0.717) is 73.5 Å². The Morgan fingerprint density at radius 1 is 0.962 bits per heavy atom. The van der Waals surface area contributed by atoms with Gasteiger partial charge in [0.15, 0.2) is 6.61 Å². The molecule has 0 N–H and O–H groups in total. The number of benzene rings is 3. The van der Waals surface area contributed by atoms with Gasteiger partial charge in [-0.1, -0.05) is 12.1 Å². The number of carbonyl (C=O) groups is 3. The molecule has 0 aliphatic carbocycles. The molecule has 3 amide bonds. The number of methoxy groups -OCH3 is 3. The number of amides is 3. The zero-order valence-corrected chi connectivity index (χ0v) is 31.3. The number of piperidine rings is 1. The molecular weight excluding hydrogens is 666 g/mol. The molecule has 2 atom stereocenters. The van der Waals surface area contributed by atoms with Crippen LogP contribution in [0.4, 0.5) is 16.2 Å². The van der Waals surface area contributed by atoms with Crippen LogP contribution >= 0.6 is 0 Å². The van der Waals surface area contributed by atoms with Crippen molar-refractivity contribution in [2.24, 2.45) is 5.92 Å². The molecule has 0 aromatic heterocycles. The minimum absolute atomic E-state index is 0.0451. The maximum atomic E-state index is 14.8. The van der Waals surface area contributed by atoms with Gasteiger partial charge >= 0.3 is 6.09 Å². The number of carbonyl (C=O) groups excluding carboxylic acids is 3. The van der Waals surface area contributed by atoms with Gasteiger partial charge in [0.25, 0.3) is 5.91 Å². The van der Waals surface area contributed by atoms with Crippen LogP contribution in [0.5, 0.6) is 23.0 Å². The zero-order valence-electron chi connectivity index (χ0n) is 31.3. The molecule has 12 nitrogen and oxygen atoms in total. The minimum atomic E-state index is -0.681. The van der Waals surface area contributed by atoms with E-state index in [-0.39, 0.29) is 37.5 Å². The van der Waals surface area contributed by atoms with Gasteiger partial charge in [0.1, 0.15) is 35.2 Å². The van der Waals surface area contributed by atoms with E-state index in [4.69, 9.17) is 28.4 Å². The molecular formula is C40H51N3O9. The Labute approximate surface area is 306 Å². The van der Waals surface area contributed by atoms with Crippen LogP contribution in [0, 0.1) is 5.92 Å². The van der Waals surface area contributed by atoms with Gasteiger partial charge in [-0.3, -0.25) is 9.59 Å². The van der Waals surface area contributed by atoms with Crippen molar-refractivity contribution in [3.8, 4) is 23.0 Å². The van der Waals surface area contributed by atoms with Crippen LogP contribution in [0.3, 0.4) is 0 Å². The summed E-state index contributed by atoms with van der Waals surface area (Å²) in [5.41, 5.74) is 2.39. The molecule has 280 valence electrons. The van der Waals surface area contributed by atoms with Crippen LogP contribution in [0.2, 0.25) is 0 Å². The molecule has 1 fully saturated rings. The van der Waals surface area contributed by atoms with E-state index < -0.39 is 17.6 Å². The number of likely N-dealkylation sites (tertiary alicyclic amines) is 1. The predicted octanol–water partition coefficient (Wildman–Crippen LogP) is 6.44. The molecule has 52 heavy (non-hydrogen) atoms. The van der Waals surface area contributed by atoms with Gasteiger partial charge in [-0.2, -0.15) is 0 Å². The topological polar surface area (TPSA) is 116 Å². The molecule has 2 aliphatic heterocycles. The van der Waals surface area contributed by atoms with Crippen LogP contribution in [-0.4, -0.2) is 89.1 Å². The fourth-order valence-corrected chi connectivity index (χ4v) is 6.68. The lowest BCUT2D eigenvalue weighted by Gasteiger charge is -2.40. The van der Waals surface area contributed by atoms with E-state index in [1.54, 1.807) is 48.2 Å². The largest absolute Gasteiger partial charge is 0.497 e. The molecule has 12 heteroatoms. The summed E-state index contributed by atoms with van der Waals surface area (Å²) in [6, 6.07) is 18.9. The lowest BCUT2D eigenvalue weighted by Crippen LogP contribution is -2.51. The van der Waals surface area contributed by atoms with E-state index in [1.807, 2.05) is 76.2 Å². The highest BCUT2D eigenvalue weighted by Gasteiger charge is 2.40. The second-order valence-electron chi connectivity index (χ2n) is 13.9. The molecule has 0 saturated carbocycles. The van der Waals surface area contributed by atoms with Crippen molar-refractivity contribution in [3.63, 3.8) is 0 Å². The van der Waals surface area contributed by atoms with Gasteiger partial charge in [-0.25, -0.2) is 4.79 Å². The smallest absolute Gasteiger partial charge is 0.410 e. The van der Waals surface area contributed by atoms with Crippen LogP contribution in [0.1, 0.15) is 57.6 Å². The molecule has 1 saturated heterocycles. The lowest BCUT2D eigenvalue weighted by atomic mass is 9.79. The summed E-state index contributed by atoms with van der Waals surface area (Å²) in [4.78, 5) is 46.0. The SMILES string of the molecule is CCN(C(=O)C1CN(C(=O)OC(C)(C)C)CC[C@@H]1c1cccc(OCc2cc(OC)cc(OC)c2)c1)c1ccc2c(c1)N(CCCOC)C(=O)CO2. The van der Waals surface area contributed by atoms with Crippen molar-refractivity contribution in [2.45, 2.75) is 58.7 Å². The summed E-state index contributed by atoms with van der Waals surface area (Å²) >= 11 is 0. The van der Waals surface area contributed by atoms with Crippen molar-refractivity contribution in [1.82, 2.24) is 4.90 Å². The standard InChI is InChI=1S/C40H51N3O9/c1-8-42(29-13-14-36-35(22-29)43(16-10-18-47-5)37(44)26-51-36)38(45)34-24-41(39(46)52-40(2,3)4)17-15-33(34)28-11-9-12-30(21-28)50-25-27-19-31(48-6)23-32(20-27)49-7/h9,11-14,19-23,33-34H,8,10,15-18,24-26H2,1-7H3/t33-,34?/m1/s1. The molecule has 5 rings (SSSR count). The number of hydrogen-bond donors (Lipinski definition) is 0. The average Bonchev–Trinajstić information content (AvgIpc) is 3.14. The van der Waals surface area contributed by atoms with Crippen molar-refractivity contribution < 1.29 is 42.8 Å². The van der Waals surface area contributed by atoms with Crippen LogP contribution in [0.15, 0.2) is 60.7 Å². The van der Waals surface area contributed by atoms with E-state index in [2.05, 4.69) is 0 Å². The summed E-state index contributed by atoms with van der Waals surface area (Å²) in [5.74, 6) is 1.48. The van der Waals surface area contributed by atoms with E-state index in [0.717, 1.165) is 11.1 Å². The maximum Gasteiger partial charge on any atom is 0.410 e. The Kier molecular flexibility index (Phi) is 12.5. The van der Waals surface area contributed by atoms with Crippen molar-refractivity contribution in [3.05, 3.63) is 71.8 Å². The van der Waals surface area contributed by atoms with E-state index in [9.17, 15) is 14.4 Å². The van der Waals surface area contributed by atoms with Gasteiger partial charge in [-0.05, 0) is 100 Å². The third kappa shape index (κ3) is 9.27. The fraction of sp³-hybridized carbons (Fsp3) is 0.475. The van der Waals surface area contributed by atoms with Crippen LogP contribution in [0.25, 0.3) is 0 Å². The molecule has 0 spiro atoms. The summed E-state index contributed by atoms with van der Waals surface area (Å²) in [6.07, 6.45) is 0.751. The molecule has 0 radical (unpaired) electrons. The first-order chi connectivity index (χ1) is 24.9. The van der Waals surface area contributed by atoms with Gasteiger partial charge in [-0.15, -0.1) is 0 Å². The monoisotopic (exact) mass is 717 g/mol. The Morgan fingerprint density at radius 2 is 1.71 bits per heavy atom. The third-order valence-electron chi connectivity index (χ3n) is 9.19. The number of hydrogen-bond acceptors (Lipinski definition) is 9. The van der Waals surface area contributed by atoms with Gasteiger partial charge in [0, 0.05) is 51.6 Å². The number of ether oxygens (including phenoxy) is 6.